The molecule has 0 atom stereocenters. The summed E-state index contributed by atoms with van der Waals surface area (Å²) in [5.41, 5.74) is 1.92. The number of pyridine rings is 1. The van der Waals surface area contributed by atoms with E-state index in [4.69, 9.17) is 14.2 Å². The van der Waals surface area contributed by atoms with Crippen molar-refractivity contribution in [1.29, 1.82) is 0 Å². The van der Waals surface area contributed by atoms with Crippen LogP contribution in [0.4, 0.5) is 4.79 Å². The average Bonchev–Trinajstić information content (AvgIpc) is 2.77. The van der Waals surface area contributed by atoms with Crippen LogP contribution in [0.2, 0.25) is 0 Å². The van der Waals surface area contributed by atoms with Gasteiger partial charge in [-0.3, -0.25) is 4.98 Å². The molecule has 0 aliphatic carbocycles. The van der Waals surface area contributed by atoms with Gasteiger partial charge in [0, 0.05) is 31.7 Å². The third-order valence-electron chi connectivity index (χ3n) is 5.02. The zero-order valence-corrected chi connectivity index (χ0v) is 15.8. The Balaban J connectivity index is 1.19. The zero-order chi connectivity index (χ0) is 19.2. The normalized spacial score (nSPS) is 16.6. The molecular formula is C21H25N3O4. The molecule has 1 aromatic carbocycles. The van der Waals surface area contributed by atoms with E-state index in [9.17, 15) is 4.79 Å². The number of aromatic nitrogens is 1. The number of nitrogens with one attached hydrogen (secondary N) is 1. The molecule has 0 saturated carbocycles. The lowest BCUT2D eigenvalue weighted by Crippen LogP contribution is -2.44. The van der Waals surface area contributed by atoms with Crippen molar-refractivity contribution >= 4 is 6.09 Å². The summed E-state index contributed by atoms with van der Waals surface area (Å²) in [6.07, 6.45) is 3.27. The SMILES string of the molecule is O=C(OCc1ccccc1)N1CCC(NCc2cc3c(cn2)OCCO3)CC1. The fourth-order valence-corrected chi connectivity index (χ4v) is 3.41. The van der Waals surface area contributed by atoms with Crippen molar-refractivity contribution in [3.63, 3.8) is 0 Å². The Morgan fingerprint density at radius 3 is 2.68 bits per heavy atom. The van der Waals surface area contributed by atoms with Gasteiger partial charge in [-0.05, 0) is 18.4 Å². The third-order valence-corrected chi connectivity index (χ3v) is 5.02. The topological polar surface area (TPSA) is 72.9 Å². The average molecular weight is 383 g/mol. The molecule has 4 rings (SSSR count). The maximum Gasteiger partial charge on any atom is 0.410 e. The molecule has 1 amide bonds. The molecule has 0 radical (unpaired) electrons. The highest BCUT2D eigenvalue weighted by molar-refractivity contribution is 5.67. The van der Waals surface area contributed by atoms with Crippen molar-refractivity contribution < 1.29 is 19.0 Å². The van der Waals surface area contributed by atoms with Gasteiger partial charge in [-0.2, -0.15) is 0 Å². The van der Waals surface area contributed by atoms with E-state index >= 15 is 0 Å². The number of hydrogen-bond donors (Lipinski definition) is 1. The van der Waals surface area contributed by atoms with E-state index in [0.29, 0.717) is 51.2 Å². The van der Waals surface area contributed by atoms with Crippen LogP contribution >= 0.6 is 0 Å². The number of likely N-dealkylation sites (tertiary alicyclic amines) is 1. The van der Waals surface area contributed by atoms with Crippen LogP contribution in [0.1, 0.15) is 24.1 Å². The smallest absolute Gasteiger partial charge is 0.410 e. The predicted octanol–water partition coefficient (Wildman–Crippen LogP) is 2.74. The van der Waals surface area contributed by atoms with E-state index in [1.807, 2.05) is 36.4 Å². The highest BCUT2D eigenvalue weighted by Gasteiger charge is 2.23. The second-order valence-electron chi connectivity index (χ2n) is 7.00. The Morgan fingerprint density at radius 2 is 1.89 bits per heavy atom. The molecule has 0 unspecified atom stereocenters. The maximum atomic E-state index is 12.2. The van der Waals surface area contributed by atoms with E-state index in [1.165, 1.54) is 0 Å². The van der Waals surface area contributed by atoms with Gasteiger partial charge in [-0.25, -0.2) is 4.79 Å². The van der Waals surface area contributed by atoms with Crippen molar-refractivity contribution in [3.05, 3.63) is 53.9 Å². The number of nitrogens with zero attached hydrogens (tertiary/aromatic N) is 2. The number of benzene rings is 1. The summed E-state index contributed by atoms with van der Waals surface area (Å²) in [5, 5.41) is 3.52. The first-order chi connectivity index (χ1) is 13.8. The number of piperidine rings is 1. The highest BCUT2D eigenvalue weighted by atomic mass is 16.6. The van der Waals surface area contributed by atoms with Gasteiger partial charge < -0.3 is 24.4 Å². The van der Waals surface area contributed by atoms with Gasteiger partial charge >= 0.3 is 6.09 Å². The molecule has 1 fully saturated rings. The van der Waals surface area contributed by atoms with Gasteiger partial charge in [0.25, 0.3) is 0 Å². The first kappa shape index (κ1) is 18.6. The van der Waals surface area contributed by atoms with Crippen LogP contribution in [0.3, 0.4) is 0 Å². The summed E-state index contributed by atoms with van der Waals surface area (Å²) < 4.78 is 16.5. The lowest BCUT2D eigenvalue weighted by molar-refractivity contribution is 0.0852. The number of amides is 1. The molecule has 0 bridgehead atoms. The maximum absolute atomic E-state index is 12.2. The Morgan fingerprint density at radius 1 is 1.14 bits per heavy atom. The van der Waals surface area contributed by atoms with Gasteiger partial charge in [-0.15, -0.1) is 0 Å². The highest BCUT2D eigenvalue weighted by Crippen LogP contribution is 2.29. The minimum absolute atomic E-state index is 0.240. The van der Waals surface area contributed by atoms with E-state index < -0.39 is 0 Å². The summed E-state index contributed by atoms with van der Waals surface area (Å²) in [6, 6.07) is 12.0. The number of hydrogen-bond acceptors (Lipinski definition) is 6. The van der Waals surface area contributed by atoms with Crippen LogP contribution in [0.15, 0.2) is 42.6 Å². The molecule has 148 valence electrons. The van der Waals surface area contributed by atoms with Crippen molar-refractivity contribution in [2.45, 2.75) is 32.0 Å². The largest absolute Gasteiger partial charge is 0.486 e. The first-order valence-corrected chi connectivity index (χ1v) is 9.71. The molecule has 2 aliphatic rings. The summed E-state index contributed by atoms with van der Waals surface area (Å²) >= 11 is 0. The van der Waals surface area contributed by atoms with Crippen LogP contribution in [-0.4, -0.2) is 48.3 Å². The lowest BCUT2D eigenvalue weighted by Gasteiger charge is -2.31. The molecule has 1 aromatic heterocycles. The Labute approximate surface area is 164 Å². The number of carbonyl (C=O) groups is 1. The number of fused-ring (bicyclic) bond motifs is 1. The number of ether oxygens (including phenoxy) is 3. The summed E-state index contributed by atoms with van der Waals surface area (Å²) in [5.74, 6) is 1.46. The Kier molecular flexibility index (Phi) is 5.92. The first-order valence-electron chi connectivity index (χ1n) is 9.71. The van der Waals surface area contributed by atoms with Crippen molar-refractivity contribution in [3.8, 4) is 11.5 Å². The molecule has 0 spiro atoms. The van der Waals surface area contributed by atoms with E-state index in [1.54, 1.807) is 11.1 Å². The summed E-state index contributed by atoms with van der Waals surface area (Å²) in [4.78, 5) is 18.4. The van der Waals surface area contributed by atoms with Crippen LogP contribution in [0, 0.1) is 0 Å². The quantitative estimate of drug-likeness (QED) is 0.856. The standard InChI is InChI=1S/C21H25N3O4/c25-21(28-15-16-4-2-1-3-5-16)24-8-6-17(7-9-24)22-13-18-12-19-20(14-23-18)27-11-10-26-19/h1-5,12,14,17,22H,6-11,13,15H2. The molecule has 1 N–H and O–H groups in total. The molecule has 2 aromatic rings. The van der Waals surface area contributed by atoms with Crippen LogP contribution in [0.5, 0.6) is 11.5 Å². The van der Waals surface area contributed by atoms with E-state index in [-0.39, 0.29) is 6.09 Å². The molecule has 7 nitrogen and oxygen atoms in total. The Bertz CT molecular complexity index is 791. The number of rotatable bonds is 5. The van der Waals surface area contributed by atoms with E-state index in [2.05, 4.69) is 10.3 Å². The number of carbonyl (C=O) groups excluding carboxylic acids is 1. The minimum Gasteiger partial charge on any atom is -0.486 e. The second-order valence-corrected chi connectivity index (χ2v) is 7.00. The molecule has 3 heterocycles. The van der Waals surface area contributed by atoms with Crippen LogP contribution < -0.4 is 14.8 Å². The molecular weight excluding hydrogens is 358 g/mol. The van der Waals surface area contributed by atoms with E-state index in [0.717, 1.165) is 29.8 Å². The van der Waals surface area contributed by atoms with Crippen LogP contribution in [-0.2, 0) is 17.9 Å². The third kappa shape index (κ3) is 4.72. The molecule has 2 aliphatic heterocycles. The van der Waals surface area contributed by atoms with Crippen molar-refractivity contribution in [2.75, 3.05) is 26.3 Å². The van der Waals surface area contributed by atoms with Crippen LogP contribution in [0.25, 0.3) is 0 Å². The predicted molar refractivity (Wildman–Crippen MR) is 103 cm³/mol. The molecule has 7 heteroatoms. The van der Waals surface area contributed by atoms with Gasteiger partial charge in [-0.1, -0.05) is 30.3 Å². The lowest BCUT2D eigenvalue weighted by atomic mass is 10.1. The fraction of sp³-hybridized carbons (Fsp3) is 0.429. The summed E-state index contributed by atoms with van der Waals surface area (Å²) in [7, 11) is 0. The second kappa shape index (κ2) is 8.93. The van der Waals surface area contributed by atoms with Crippen molar-refractivity contribution in [2.24, 2.45) is 0 Å². The zero-order valence-electron chi connectivity index (χ0n) is 15.8. The van der Waals surface area contributed by atoms with Gasteiger partial charge in [0.1, 0.15) is 19.8 Å². The fourth-order valence-electron chi connectivity index (χ4n) is 3.41. The van der Waals surface area contributed by atoms with Gasteiger partial charge in [0.2, 0.25) is 0 Å². The molecule has 28 heavy (non-hydrogen) atoms. The van der Waals surface area contributed by atoms with Crippen molar-refractivity contribution in [1.82, 2.24) is 15.2 Å². The minimum atomic E-state index is -0.240. The summed E-state index contributed by atoms with van der Waals surface area (Å²) in [6.45, 7) is 3.51. The Hall–Kier alpha value is -2.80. The monoisotopic (exact) mass is 383 g/mol. The van der Waals surface area contributed by atoms with Gasteiger partial charge in [0.05, 0.1) is 11.9 Å². The van der Waals surface area contributed by atoms with Gasteiger partial charge in [0.15, 0.2) is 11.5 Å². The molecule has 1 saturated heterocycles.